The average Bonchev–Trinajstić information content (AvgIpc) is 2.72. The first-order valence-electron chi connectivity index (χ1n) is 7.79. The molecule has 0 aliphatic carbocycles. The van der Waals surface area contributed by atoms with Crippen molar-refractivity contribution in [3.8, 4) is 17.2 Å². The molecule has 9 nitrogen and oxygen atoms in total. The van der Waals surface area contributed by atoms with E-state index < -0.39 is 23.4 Å². The average molecular weight is 388 g/mol. The number of benzene rings is 2. The first kappa shape index (κ1) is 22.2. The van der Waals surface area contributed by atoms with Gasteiger partial charge in [-0.05, 0) is 36.4 Å². The van der Waals surface area contributed by atoms with Gasteiger partial charge in [-0.1, -0.05) is 0 Å². The van der Waals surface area contributed by atoms with Crippen molar-refractivity contribution in [2.45, 2.75) is 0 Å². The van der Waals surface area contributed by atoms with Crippen molar-refractivity contribution in [1.29, 1.82) is 0 Å². The molecule has 0 unspecified atom stereocenters. The van der Waals surface area contributed by atoms with Crippen molar-refractivity contribution < 1.29 is 33.4 Å². The van der Waals surface area contributed by atoms with Crippen LogP contribution in [0.5, 0.6) is 17.2 Å². The van der Waals surface area contributed by atoms with Gasteiger partial charge in [-0.2, -0.15) is 0 Å². The lowest BCUT2D eigenvalue weighted by atomic mass is 10.1. The molecule has 0 spiro atoms. The summed E-state index contributed by atoms with van der Waals surface area (Å²) in [7, 11) is 4.40. The molecule has 9 heteroatoms. The van der Waals surface area contributed by atoms with Gasteiger partial charge >= 0.3 is 0 Å². The Morgan fingerprint density at radius 3 is 1.61 bits per heavy atom. The van der Waals surface area contributed by atoms with E-state index in [1.807, 2.05) is 0 Å². The van der Waals surface area contributed by atoms with Crippen LogP contribution in [0.1, 0.15) is 20.7 Å². The van der Waals surface area contributed by atoms with E-state index in [1.165, 1.54) is 45.6 Å². The molecule has 2 aromatic carbocycles. The van der Waals surface area contributed by atoms with Gasteiger partial charge in [-0.25, -0.2) is 0 Å². The third kappa shape index (κ3) is 5.84. The highest BCUT2D eigenvalue weighted by molar-refractivity contribution is 6.43. The second-order valence-electron chi connectivity index (χ2n) is 5.18. The third-order valence-corrected chi connectivity index (χ3v) is 3.45. The van der Waals surface area contributed by atoms with E-state index in [1.54, 1.807) is 18.2 Å². The molecular formula is C19H20N2O7. The van der Waals surface area contributed by atoms with Crippen LogP contribution in [0.4, 0.5) is 0 Å². The zero-order valence-electron chi connectivity index (χ0n) is 15.6. The number of methoxy groups -OCH3 is 3. The standard InChI is InChI=1S/C10H11NO4.C9H9NO3/c1-14-6-3-4-7(8(5-6)15-2)9(12)10(11)13;1-13-7-4-2-6(3-5-7)8(11)9(10)12/h3-5H,1-2H3,(H2,11,13);2-5H,1H3,(H2,10,12). The Morgan fingerprint density at radius 2 is 1.18 bits per heavy atom. The van der Waals surface area contributed by atoms with Crippen LogP contribution in [-0.2, 0) is 9.59 Å². The SMILES string of the molecule is COc1ccc(C(=O)C(N)=O)c(OC)c1.COc1ccc(C(=O)C(N)=O)cc1. The molecule has 28 heavy (non-hydrogen) atoms. The van der Waals surface area contributed by atoms with Crippen LogP contribution in [-0.4, -0.2) is 44.7 Å². The fourth-order valence-corrected chi connectivity index (χ4v) is 2.00. The first-order valence-corrected chi connectivity index (χ1v) is 7.79. The molecule has 4 N–H and O–H groups in total. The number of Topliss-reactive ketones (excluding diaryl/α,β-unsaturated/α-hetero) is 2. The van der Waals surface area contributed by atoms with Crippen molar-refractivity contribution in [2.75, 3.05) is 21.3 Å². The molecule has 0 heterocycles. The maximum Gasteiger partial charge on any atom is 0.289 e. The topological polar surface area (TPSA) is 148 Å². The number of carbonyl (C=O) groups excluding carboxylic acids is 4. The van der Waals surface area contributed by atoms with Crippen molar-refractivity contribution in [3.63, 3.8) is 0 Å². The van der Waals surface area contributed by atoms with E-state index in [4.69, 9.17) is 25.7 Å². The van der Waals surface area contributed by atoms with Gasteiger partial charge in [0.2, 0.25) is 5.78 Å². The summed E-state index contributed by atoms with van der Waals surface area (Å²) in [6.07, 6.45) is 0. The predicted molar refractivity (Wildman–Crippen MR) is 99.6 cm³/mol. The molecule has 0 fully saturated rings. The lowest BCUT2D eigenvalue weighted by Crippen LogP contribution is -2.23. The maximum absolute atomic E-state index is 11.3. The number of primary amides is 2. The summed E-state index contributed by atoms with van der Waals surface area (Å²) in [6, 6.07) is 10.7. The van der Waals surface area contributed by atoms with Crippen molar-refractivity contribution in [1.82, 2.24) is 0 Å². The van der Waals surface area contributed by atoms with Crippen molar-refractivity contribution in [3.05, 3.63) is 53.6 Å². The van der Waals surface area contributed by atoms with Crippen LogP contribution in [0.25, 0.3) is 0 Å². The number of rotatable bonds is 7. The largest absolute Gasteiger partial charge is 0.497 e. The molecule has 2 amide bonds. The third-order valence-electron chi connectivity index (χ3n) is 3.45. The quantitative estimate of drug-likeness (QED) is 0.525. The van der Waals surface area contributed by atoms with E-state index in [2.05, 4.69) is 0 Å². The van der Waals surface area contributed by atoms with Gasteiger partial charge in [0.05, 0.1) is 26.9 Å². The Hall–Kier alpha value is -3.88. The normalized spacial score (nSPS) is 9.39. The number of ketones is 2. The Kier molecular flexibility index (Phi) is 8.16. The molecule has 2 rings (SSSR count). The Morgan fingerprint density at radius 1 is 0.679 bits per heavy atom. The molecular weight excluding hydrogens is 368 g/mol. The minimum absolute atomic E-state index is 0.130. The van der Waals surface area contributed by atoms with Crippen LogP contribution < -0.4 is 25.7 Å². The molecule has 0 aromatic heterocycles. The summed E-state index contributed by atoms with van der Waals surface area (Å²) in [4.78, 5) is 43.6. The van der Waals surface area contributed by atoms with Gasteiger partial charge in [0.1, 0.15) is 17.2 Å². The summed E-state index contributed by atoms with van der Waals surface area (Å²) >= 11 is 0. The van der Waals surface area contributed by atoms with Gasteiger partial charge in [-0.15, -0.1) is 0 Å². The van der Waals surface area contributed by atoms with Crippen molar-refractivity contribution >= 4 is 23.4 Å². The summed E-state index contributed by atoms with van der Waals surface area (Å²) in [5.41, 5.74) is 10.1. The van der Waals surface area contributed by atoms with Crippen LogP contribution in [0.15, 0.2) is 42.5 Å². The fourth-order valence-electron chi connectivity index (χ4n) is 2.00. The first-order chi connectivity index (χ1) is 13.2. The Labute approximate surface area is 161 Å². The lowest BCUT2D eigenvalue weighted by molar-refractivity contribution is -0.114. The molecule has 0 aliphatic heterocycles. The fraction of sp³-hybridized carbons (Fsp3) is 0.158. The number of hydrogen-bond donors (Lipinski definition) is 2. The van der Waals surface area contributed by atoms with Crippen LogP contribution in [0.3, 0.4) is 0 Å². The maximum atomic E-state index is 11.3. The minimum Gasteiger partial charge on any atom is -0.497 e. The zero-order valence-corrected chi connectivity index (χ0v) is 15.6. The number of ether oxygens (including phenoxy) is 3. The highest BCUT2D eigenvalue weighted by Gasteiger charge is 2.17. The summed E-state index contributed by atoms with van der Waals surface area (Å²) in [6.45, 7) is 0. The number of hydrogen-bond acceptors (Lipinski definition) is 7. The van der Waals surface area contributed by atoms with Gasteiger partial charge in [0.15, 0.2) is 0 Å². The highest BCUT2D eigenvalue weighted by Crippen LogP contribution is 2.24. The Balaban J connectivity index is 0.000000283. The molecule has 2 aromatic rings. The van der Waals surface area contributed by atoms with Gasteiger partial charge in [-0.3, -0.25) is 19.2 Å². The molecule has 0 atom stereocenters. The van der Waals surface area contributed by atoms with E-state index >= 15 is 0 Å². The number of nitrogens with two attached hydrogens (primary N) is 2. The summed E-state index contributed by atoms with van der Waals surface area (Å²) in [5, 5.41) is 0. The van der Waals surface area contributed by atoms with Crippen LogP contribution in [0, 0.1) is 0 Å². The lowest BCUT2D eigenvalue weighted by Gasteiger charge is -2.07. The number of amides is 2. The van der Waals surface area contributed by atoms with Crippen LogP contribution >= 0.6 is 0 Å². The number of carbonyl (C=O) groups is 4. The molecule has 0 radical (unpaired) electrons. The smallest absolute Gasteiger partial charge is 0.289 e. The molecule has 0 bridgehead atoms. The second-order valence-corrected chi connectivity index (χ2v) is 5.18. The van der Waals surface area contributed by atoms with Gasteiger partial charge < -0.3 is 25.7 Å². The van der Waals surface area contributed by atoms with E-state index in [-0.39, 0.29) is 16.9 Å². The van der Waals surface area contributed by atoms with E-state index in [0.717, 1.165) is 0 Å². The minimum atomic E-state index is -1.02. The van der Waals surface area contributed by atoms with Gasteiger partial charge in [0.25, 0.3) is 17.6 Å². The Bertz CT molecular complexity index is 876. The summed E-state index contributed by atoms with van der Waals surface area (Å²) < 4.78 is 14.8. The predicted octanol–water partition coefficient (Wildman–Crippen LogP) is 0.735. The summed E-state index contributed by atoms with van der Waals surface area (Å²) in [5.74, 6) is -2.02. The van der Waals surface area contributed by atoms with Crippen LogP contribution in [0.2, 0.25) is 0 Å². The second kappa shape index (κ2) is 10.3. The monoisotopic (exact) mass is 388 g/mol. The molecule has 0 aliphatic rings. The van der Waals surface area contributed by atoms with E-state index in [0.29, 0.717) is 11.5 Å². The molecule has 0 saturated carbocycles. The van der Waals surface area contributed by atoms with Gasteiger partial charge in [0, 0.05) is 11.6 Å². The molecule has 0 saturated heterocycles. The highest BCUT2D eigenvalue weighted by atomic mass is 16.5. The molecule has 148 valence electrons. The zero-order chi connectivity index (χ0) is 21.3. The van der Waals surface area contributed by atoms with Crippen molar-refractivity contribution in [2.24, 2.45) is 11.5 Å². The van der Waals surface area contributed by atoms with E-state index in [9.17, 15) is 19.2 Å².